The Morgan fingerprint density at radius 2 is 2.12 bits per heavy atom. The Balaban J connectivity index is 1.95. The highest BCUT2D eigenvalue weighted by atomic mass is 16.6. The van der Waals surface area contributed by atoms with Crippen LogP contribution < -0.4 is 5.32 Å². The second kappa shape index (κ2) is 7.69. The van der Waals surface area contributed by atoms with Crippen molar-refractivity contribution in [3.05, 3.63) is 34.0 Å². The fourth-order valence-electron chi connectivity index (χ4n) is 2.41. The molecule has 0 aliphatic carbocycles. The Hall–Kier alpha value is -2.68. The van der Waals surface area contributed by atoms with E-state index < -0.39 is 17.1 Å². The molecule has 0 saturated heterocycles. The molecule has 9 heteroatoms. The minimum absolute atomic E-state index is 0.0111. The lowest BCUT2D eigenvalue weighted by Crippen LogP contribution is -2.42. The number of non-ortho nitro benzene ring substituents is 1. The van der Waals surface area contributed by atoms with Gasteiger partial charge in [-0.25, -0.2) is 4.79 Å². The molecule has 26 heavy (non-hydrogen) atoms. The van der Waals surface area contributed by atoms with Gasteiger partial charge in [-0.15, -0.1) is 0 Å². The predicted molar refractivity (Wildman–Crippen MR) is 95.9 cm³/mol. The Bertz CT molecular complexity index is 809. The van der Waals surface area contributed by atoms with E-state index in [2.05, 4.69) is 10.4 Å². The van der Waals surface area contributed by atoms with E-state index in [0.717, 1.165) is 0 Å². The van der Waals surface area contributed by atoms with Crippen molar-refractivity contribution in [2.24, 2.45) is 7.05 Å². The summed E-state index contributed by atoms with van der Waals surface area (Å²) < 4.78 is 12.3. The molecule has 2 aromatic rings. The van der Waals surface area contributed by atoms with E-state index in [0.29, 0.717) is 16.5 Å². The first-order valence-corrected chi connectivity index (χ1v) is 8.22. The summed E-state index contributed by atoms with van der Waals surface area (Å²) >= 11 is 0. The molecule has 0 spiro atoms. The molecule has 0 bridgehead atoms. The van der Waals surface area contributed by atoms with Gasteiger partial charge in [0.2, 0.25) is 0 Å². The van der Waals surface area contributed by atoms with E-state index in [4.69, 9.17) is 9.47 Å². The monoisotopic (exact) mass is 364 g/mol. The number of rotatable bonds is 6. The van der Waals surface area contributed by atoms with E-state index in [1.54, 1.807) is 26.2 Å². The molecule has 1 N–H and O–H groups in total. The molecule has 1 amide bonds. The molecule has 0 saturated carbocycles. The molecule has 142 valence electrons. The summed E-state index contributed by atoms with van der Waals surface area (Å²) in [6.07, 6.45) is 0.645. The fourth-order valence-corrected chi connectivity index (χ4v) is 2.41. The number of amides is 1. The molecule has 9 nitrogen and oxygen atoms in total. The van der Waals surface area contributed by atoms with E-state index in [9.17, 15) is 14.9 Å². The summed E-state index contributed by atoms with van der Waals surface area (Å²) in [4.78, 5) is 22.5. The lowest BCUT2D eigenvalue weighted by molar-refractivity contribution is -0.383. The van der Waals surface area contributed by atoms with Crippen molar-refractivity contribution < 1.29 is 19.2 Å². The maximum absolute atomic E-state index is 11.7. The number of hydrogen-bond acceptors (Lipinski definition) is 6. The molecule has 2 rings (SSSR count). The van der Waals surface area contributed by atoms with Crippen molar-refractivity contribution in [1.82, 2.24) is 15.1 Å². The summed E-state index contributed by atoms with van der Waals surface area (Å²) in [6.45, 7) is 7.61. The molecule has 0 aliphatic heterocycles. The van der Waals surface area contributed by atoms with E-state index in [-0.39, 0.29) is 24.4 Å². The molecular weight excluding hydrogens is 340 g/mol. The number of aromatic nitrogens is 2. The summed E-state index contributed by atoms with van der Waals surface area (Å²) in [5.74, 6) is 0. The van der Waals surface area contributed by atoms with Crippen molar-refractivity contribution in [3.8, 4) is 0 Å². The van der Waals surface area contributed by atoms with Crippen molar-refractivity contribution in [1.29, 1.82) is 0 Å². The van der Waals surface area contributed by atoms with Crippen LogP contribution in [-0.4, -0.2) is 39.0 Å². The first-order chi connectivity index (χ1) is 12.0. The first kappa shape index (κ1) is 19.6. The van der Waals surface area contributed by atoms with E-state index >= 15 is 0 Å². The molecule has 1 heterocycles. The maximum atomic E-state index is 11.7. The summed E-state index contributed by atoms with van der Waals surface area (Å²) in [7, 11) is 1.71. The van der Waals surface area contributed by atoms with Crippen LogP contribution in [0, 0.1) is 10.1 Å². The van der Waals surface area contributed by atoms with Gasteiger partial charge in [0.25, 0.3) is 5.69 Å². The van der Waals surface area contributed by atoms with Gasteiger partial charge in [0.15, 0.2) is 0 Å². The number of hydrogen-bond donors (Lipinski definition) is 1. The third kappa shape index (κ3) is 5.41. The zero-order valence-corrected chi connectivity index (χ0v) is 15.6. The zero-order valence-electron chi connectivity index (χ0n) is 15.6. The molecule has 0 radical (unpaired) electrons. The lowest BCUT2D eigenvalue weighted by Gasteiger charge is -2.22. The van der Waals surface area contributed by atoms with Gasteiger partial charge in [-0.3, -0.25) is 14.8 Å². The third-order valence-electron chi connectivity index (χ3n) is 3.38. The van der Waals surface area contributed by atoms with Crippen molar-refractivity contribution in [3.63, 3.8) is 0 Å². The second-order valence-electron chi connectivity index (χ2n) is 7.21. The Morgan fingerprint density at radius 3 is 2.73 bits per heavy atom. The minimum atomic E-state index is -0.515. The Kier molecular flexibility index (Phi) is 5.81. The van der Waals surface area contributed by atoms with E-state index in [1.165, 1.54) is 10.7 Å². The molecule has 1 atom stereocenters. The molecule has 1 aromatic carbocycles. The quantitative estimate of drug-likeness (QED) is 0.623. The van der Waals surface area contributed by atoms with Gasteiger partial charge in [-0.2, -0.15) is 5.10 Å². The van der Waals surface area contributed by atoms with Gasteiger partial charge in [-0.1, -0.05) is 0 Å². The number of nitrogens with one attached hydrogen (secondary N) is 1. The zero-order chi connectivity index (χ0) is 19.5. The SMILES string of the molecule is C[C@H](COCc1cc([N+](=O)[O-])c2cn(C)nc2c1)OC(=O)NC(C)(C)C. The highest BCUT2D eigenvalue weighted by Crippen LogP contribution is 2.26. The van der Waals surface area contributed by atoms with E-state index in [1.807, 2.05) is 20.8 Å². The second-order valence-corrected chi connectivity index (χ2v) is 7.21. The van der Waals surface area contributed by atoms with Crippen LogP contribution in [0.1, 0.15) is 33.3 Å². The molecular formula is C17H24N4O5. The van der Waals surface area contributed by atoms with Gasteiger partial charge in [-0.05, 0) is 39.3 Å². The number of nitrogens with zero attached hydrogens (tertiary/aromatic N) is 3. The smallest absolute Gasteiger partial charge is 0.407 e. The van der Waals surface area contributed by atoms with Gasteiger partial charge >= 0.3 is 6.09 Å². The summed E-state index contributed by atoms with van der Waals surface area (Å²) in [5, 5.41) is 18.7. The molecule has 0 fully saturated rings. The number of ether oxygens (including phenoxy) is 2. The highest BCUT2D eigenvalue weighted by Gasteiger charge is 2.18. The van der Waals surface area contributed by atoms with Crippen molar-refractivity contribution >= 4 is 22.7 Å². The van der Waals surface area contributed by atoms with Crippen LogP contribution >= 0.6 is 0 Å². The van der Waals surface area contributed by atoms with Gasteiger partial charge in [0, 0.05) is 24.8 Å². The number of fused-ring (bicyclic) bond motifs is 1. The standard InChI is InChI=1S/C17H24N4O5/c1-11(26-16(22)18-17(2,3)4)9-25-10-12-6-14-13(8-20(5)19-14)15(7-12)21(23)24/h6-8,11H,9-10H2,1-5H3,(H,18,22)/t11-/m1/s1. The number of benzene rings is 1. The minimum Gasteiger partial charge on any atom is -0.444 e. The normalized spacial score (nSPS) is 12.8. The van der Waals surface area contributed by atoms with Gasteiger partial charge < -0.3 is 14.8 Å². The topological polar surface area (TPSA) is 109 Å². The Morgan fingerprint density at radius 1 is 1.42 bits per heavy atom. The van der Waals surface area contributed by atoms with Crippen LogP contribution in [0.4, 0.5) is 10.5 Å². The van der Waals surface area contributed by atoms with Crippen LogP contribution in [0.2, 0.25) is 0 Å². The number of carbonyl (C=O) groups excluding carboxylic acids is 1. The van der Waals surface area contributed by atoms with Crippen LogP contribution in [0.15, 0.2) is 18.3 Å². The third-order valence-corrected chi connectivity index (χ3v) is 3.38. The lowest BCUT2D eigenvalue weighted by atomic mass is 10.1. The number of alkyl carbamates (subject to hydrolysis) is 1. The average Bonchev–Trinajstić information content (AvgIpc) is 2.83. The molecule has 0 aliphatic rings. The molecule has 1 aromatic heterocycles. The van der Waals surface area contributed by atoms with Crippen LogP contribution in [0.5, 0.6) is 0 Å². The highest BCUT2D eigenvalue weighted by molar-refractivity contribution is 5.88. The number of carbonyl (C=O) groups is 1. The van der Waals surface area contributed by atoms with Crippen LogP contribution in [0.3, 0.4) is 0 Å². The molecule has 0 unspecified atom stereocenters. The fraction of sp³-hybridized carbons (Fsp3) is 0.529. The summed E-state index contributed by atoms with van der Waals surface area (Å²) in [6, 6.07) is 3.22. The maximum Gasteiger partial charge on any atom is 0.407 e. The van der Waals surface area contributed by atoms with Crippen molar-refractivity contribution in [2.45, 2.75) is 45.9 Å². The van der Waals surface area contributed by atoms with Crippen molar-refractivity contribution in [2.75, 3.05) is 6.61 Å². The predicted octanol–water partition coefficient (Wildman–Crippen LogP) is 2.91. The van der Waals surface area contributed by atoms with Gasteiger partial charge in [0.05, 0.1) is 29.0 Å². The number of nitro benzene ring substituents is 1. The number of nitro groups is 1. The van der Waals surface area contributed by atoms with Crippen LogP contribution in [-0.2, 0) is 23.1 Å². The largest absolute Gasteiger partial charge is 0.444 e. The van der Waals surface area contributed by atoms with Gasteiger partial charge in [0.1, 0.15) is 6.10 Å². The summed E-state index contributed by atoms with van der Waals surface area (Å²) in [5.41, 5.74) is 0.778. The van der Waals surface area contributed by atoms with Crippen LogP contribution in [0.25, 0.3) is 10.9 Å². The number of aryl methyl sites for hydroxylation is 1. The Labute approximate surface area is 151 Å². The average molecular weight is 364 g/mol. The first-order valence-electron chi connectivity index (χ1n) is 8.22.